The van der Waals surface area contributed by atoms with Crippen LogP contribution in [0.5, 0.6) is 5.75 Å². The summed E-state index contributed by atoms with van der Waals surface area (Å²) in [6, 6.07) is 12.8. The number of ether oxygens (including phenoxy) is 1. The molecule has 0 saturated carbocycles. The molecule has 1 aromatic heterocycles. The first-order valence-electron chi connectivity index (χ1n) is 5.89. The lowest BCUT2D eigenvalue weighted by atomic mass is 10.3. The summed E-state index contributed by atoms with van der Waals surface area (Å²) < 4.78 is 5.36. The summed E-state index contributed by atoms with van der Waals surface area (Å²) in [4.78, 5) is 4.12. The van der Waals surface area contributed by atoms with E-state index in [1.165, 1.54) is 0 Å². The first-order valence-corrected chi connectivity index (χ1v) is 5.89. The van der Waals surface area contributed by atoms with E-state index in [4.69, 9.17) is 15.7 Å². The van der Waals surface area contributed by atoms with Gasteiger partial charge in [0, 0.05) is 5.69 Å². The van der Waals surface area contributed by atoms with Crippen molar-refractivity contribution >= 4 is 17.2 Å². The first kappa shape index (κ1) is 12.7. The van der Waals surface area contributed by atoms with E-state index in [1.54, 1.807) is 12.1 Å². The molecule has 3 N–H and O–H groups in total. The molecule has 5 nitrogen and oxygen atoms in total. The fourth-order valence-electron chi connectivity index (χ4n) is 1.58. The largest absolute Gasteiger partial charge is 0.494 e. The Morgan fingerprint density at radius 3 is 2.63 bits per heavy atom. The van der Waals surface area contributed by atoms with E-state index in [2.05, 4.69) is 10.3 Å². The quantitative estimate of drug-likeness (QED) is 0.876. The SMILES string of the molecule is CCOc1ccc(Nc2ccc(N)c(C#N)n2)cc1. The van der Waals surface area contributed by atoms with Crippen molar-refractivity contribution < 1.29 is 4.74 Å². The Bertz CT molecular complexity index is 602. The lowest BCUT2D eigenvalue weighted by Crippen LogP contribution is -1.99. The molecule has 0 bridgehead atoms. The second-order valence-corrected chi connectivity index (χ2v) is 3.83. The summed E-state index contributed by atoms with van der Waals surface area (Å²) in [5, 5.41) is 12.0. The number of aromatic nitrogens is 1. The Morgan fingerprint density at radius 1 is 1.26 bits per heavy atom. The molecule has 0 spiro atoms. The van der Waals surface area contributed by atoms with Gasteiger partial charge in [-0.15, -0.1) is 0 Å². The van der Waals surface area contributed by atoms with Gasteiger partial charge in [0.05, 0.1) is 12.3 Å². The molecule has 0 amide bonds. The van der Waals surface area contributed by atoms with Crippen molar-refractivity contribution in [2.75, 3.05) is 17.7 Å². The topological polar surface area (TPSA) is 84.0 Å². The number of nitrogen functional groups attached to an aromatic ring is 1. The van der Waals surface area contributed by atoms with Crippen LogP contribution in [0.3, 0.4) is 0 Å². The molecule has 0 fully saturated rings. The van der Waals surface area contributed by atoms with Crippen LogP contribution in [0.2, 0.25) is 0 Å². The van der Waals surface area contributed by atoms with Crippen LogP contribution in [0, 0.1) is 11.3 Å². The van der Waals surface area contributed by atoms with Crippen LogP contribution in [0.15, 0.2) is 36.4 Å². The van der Waals surface area contributed by atoms with Gasteiger partial charge in [-0.2, -0.15) is 5.26 Å². The number of nitrogens with two attached hydrogens (primary N) is 1. The number of benzene rings is 1. The van der Waals surface area contributed by atoms with Gasteiger partial charge in [0.15, 0.2) is 5.69 Å². The predicted molar refractivity (Wildman–Crippen MR) is 74.3 cm³/mol. The number of hydrogen-bond acceptors (Lipinski definition) is 5. The molecule has 2 aromatic rings. The minimum absolute atomic E-state index is 0.218. The second-order valence-electron chi connectivity index (χ2n) is 3.83. The lowest BCUT2D eigenvalue weighted by Gasteiger charge is -2.08. The van der Waals surface area contributed by atoms with Gasteiger partial charge >= 0.3 is 0 Å². The maximum Gasteiger partial charge on any atom is 0.165 e. The van der Waals surface area contributed by atoms with E-state index in [0.717, 1.165) is 11.4 Å². The molecule has 0 radical (unpaired) electrons. The fraction of sp³-hybridized carbons (Fsp3) is 0.143. The summed E-state index contributed by atoms with van der Waals surface area (Å²) in [7, 11) is 0. The minimum Gasteiger partial charge on any atom is -0.494 e. The highest BCUT2D eigenvalue weighted by atomic mass is 16.5. The Balaban J connectivity index is 2.15. The fourth-order valence-corrected chi connectivity index (χ4v) is 1.58. The van der Waals surface area contributed by atoms with E-state index in [1.807, 2.05) is 37.3 Å². The average Bonchev–Trinajstić information content (AvgIpc) is 2.43. The van der Waals surface area contributed by atoms with Crippen LogP contribution < -0.4 is 15.8 Å². The molecule has 2 rings (SSSR count). The Hall–Kier alpha value is -2.74. The van der Waals surface area contributed by atoms with Gasteiger partial charge in [0.25, 0.3) is 0 Å². The van der Waals surface area contributed by atoms with Crippen LogP contribution in [0.1, 0.15) is 12.6 Å². The summed E-state index contributed by atoms with van der Waals surface area (Å²) in [5.41, 5.74) is 7.08. The van der Waals surface area contributed by atoms with Crippen LogP contribution in [-0.2, 0) is 0 Å². The van der Waals surface area contributed by atoms with Crippen LogP contribution in [-0.4, -0.2) is 11.6 Å². The smallest absolute Gasteiger partial charge is 0.165 e. The van der Waals surface area contributed by atoms with Gasteiger partial charge in [0.2, 0.25) is 0 Å². The van der Waals surface area contributed by atoms with E-state index in [9.17, 15) is 0 Å². The van der Waals surface area contributed by atoms with Gasteiger partial charge in [-0.25, -0.2) is 4.98 Å². The third-order valence-corrected chi connectivity index (χ3v) is 2.47. The number of nitrogens with zero attached hydrogens (tertiary/aromatic N) is 2. The highest BCUT2D eigenvalue weighted by molar-refractivity contribution is 5.61. The molecule has 1 aromatic carbocycles. The van der Waals surface area contributed by atoms with Gasteiger partial charge in [0.1, 0.15) is 17.6 Å². The Labute approximate surface area is 111 Å². The van der Waals surface area contributed by atoms with E-state index in [0.29, 0.717) is 18.1 Å². The van der Waals surface area contributed by atoms with Crippen molar-refractivity contribution in [2.45, 2.75) is 6.92 Å². The zero-order valence-corrected chi connectivity index (χ0v) is 10.6. The molecule has 96 valence electrons. The highest BCUT2D eigenvalue weighted by Gasteiger charge is 2.02. The molecule has 1 heterocycles. The van der Waals surface area contributed by atoms with Gasteiger partial charge in [-0.05, 0) is 43.3 Å². The Kier molecular flexibility index (Phi) is 3.84. The summed E-state index contributed by atoms with van der Waals surface area (Å²) in [6.07, 6.45) is 0. The third kappa shape index (κ3) is 3.13. The van der Waals surface area contributed by atoms with Gasteiger partial charge in [-0.3, -0.25) is 0 Å². The zero-order chi connectivity index (χ0) is 13.7. The van der Waals surface area contributed by atoms with Crippen molar-refractivity contribution in [3.63, 3.8) is 0 Å². The summed E-state index contributed by atoms with van der Waals surface area (Å²) >= 11 is 0. The van der Waals surface area contributed by atoms with Crippen LogP contribution >= 0.6 is 0 Å². The number of anilines is 3. The molecule has 0 aliphatic rings. The zero-order valence-electron chi connectivity index (χ0n) is 10.6. The van der Waals surface area contributed by atoms with Crippen molar-refractivity contribution in [2.24, 2.45) is 0 Å². The normalized spacial score (nSPS) is 9.68. The van der Waals surface area contributed by atoms with Crippen molar-refractivity contribution in [1.82, 2.24) is 4.98 Å². The molecule has 0 aliphatic carbocycles. The molecule has 19 heavy (non-hydrogen) atoms. The standard InChI is InChI=1S/C14H14N4O/c1-2-19-11-5-3-10(4-6-11)17-14-8-7-12(16)13(9-15)18-14/h3-8H,2,16H2,1H3,(H,17,18). The third-order valence-electron chi connectivity index (χ3n) is 2.47. The van der Waals surface area contributed by atoms with E-state index in [-0.39, 0.29) is 5.69 Å². The van der Waals surface area contributed by atoms with Crippen molar-refractivity contribution in [3.05, 3.63) is 42.1 Å². The Morgan fingerprint density at radius 2 is 2.00 bits per heavy atom. The first-order chi connectivity index (χ1) is 9.22. The summed E-state index contributed by atoms with van der Waals surface area (Å²) in [5.74, 6) is 1.39. The molecular formula is C14H14N4O. The van der Waals surface area contributed by atoms with E-state index >= 15 is 0 Å². The molecule has 0 aliphatic heterocycles. The maximum absolute atomic E-state index is 8.87. The number of pyridine rings is 1. The molecule has 0 saturated heterocycles. The van der Waals surface area contributed by atoms with E-state index < -0.39 is 0 Å². The monoisotopic (exact) mass is 254 g/mol. The molecule has 0 atom stereocenters. The maximum atomic E-state index is 8.87. The van der Waals surface area contributed by atoms with Crippen molar-refractivity contribution in [1.29, 1.82) is 5.26 Å². The van der Waals surface area contributed by atoms with Gasteiger partial charge in [-0.1, -0.05) is 0 Å². The second kappa shape index (κ2) is 5.74. The number of hydrogen-bond donors (Lipinski definition) is 2. The summed E-state index contributed by atoms with van der Waals surface area (Å²) in [6.45, 7) is 2.58. The average molecular weight is 254 g/mol. The molecular weight excluding hydrogens is 240 g/mol. The minimum atomic E-state index is 0.218. The highest BCUT2D eigenvalue weighted by Crippen LogP contribution is 2.20. The molecule has 0 unspecified atom stereocenters. The lowest BCUT2D eigenvalue weighted by molar-refractivity contribution is 0.340. The van der Waals surface area contributed by atoms with Crippen molar-refractivity contribution in [3.8, 4) is 11.8 Å². The number of nitrogens with one attached hydrogen (secondary N) is 1. The van der Waals surface area contributed by atoms with Crippen LogP contribution in [0.4, 0.5) is 17.2 Å². The van der Waals surface area contributed by atoms with Crippen LogP contribution in [0.25, 0.3) is 0 Å². The van der Waals surface area contributed by atoms with Gasteiger partial charge < -0.3 is 15.8 Å². The number of rotatable bonds is 4. The number of nitriles is 1. The molecule has 5 heteroatoms. The predicted octanol–water partition coefficient (Wildman–Crippen LogP) is 2.68.